The van der Waals surface area contributed by atoms with Crippen LogP contribution in [0.1, 0.15) is 37.9 Å². The molecular weight excluding hydrogens is 218 g/mol. The van der Waals surface area contributed by atoms with Crippen molar-refractivity contribution in [3.63, 3.8) is 0 Å². The molecule has 2 atom stereocenters. The van der Waals surface area contributed by atoms with Gasteiger partial charge in [-0.3, -0.25) is 9.69 Å². The van der Waals surface area contributed by atoms with E-state index in [1.807, 2.05) is 0 Å². The standard InChI is InChI=1S/C12H17N3O2/c16-11-5-1-3-9(11)10-4-2-6-15(10)7-12-13-8-17-14-12/h8-10H,1-7H2. The van der Waals surface area contributed by atoms with Crippen LogP contribution < -0.4 is 0 Å². The topological polar surface area (TPSA) is 59.2 Å². The lowest BCUT2D eigenvalue weighted by molar-refractivity contribution is -0.122. The van der Waals surface area contributed by atoms with E-state index in [1.165, 1.54) is 12.8 Å². The predicted molar refractivity (Wildman–Crippen MR) is 60.1 cm³/mol. The number of rotatable bonds is 3. The lowest BCUT2D eigenvalue weighted by Gasteiger charge is -2.27. The highest BCUT2D eigenvalue weighted by Crippen LogP contribution is 2.33. The van der Waals surface area contributed by atoms with Crippen molar-refractivity contribution in [2.45, 2.75) is 44.7 Å². The van der Waals surface area contributed by atoms with Crippen LogP contribution in [0, 0.1) is 5.92 Å². The number of Topliss-reactive ketones (excluding diaryl/α,β-unsaturated/α-hetero) is 1. The third-order valence-corrected chi connectivity index (χ3v) is 3.98. The summed E-state index contributed by atoms with van der Waals surface area (Å²) < 4.78 is 4.75. The Labute approximate surface area is 100 Å². The van der Waals surface area contributed by atoms with Crippen LogP contribution in [0.15, 0.2) is 10.9 Å². The smallest absolute Gasteiger partial charge is 0.213 e. The van der Waals surface area contributed by atoms with Gasteiger partial charge in [-0.05, 0) is 32.2 Å². The highest BCUT2D eigenvalue weighted by Gasteiger charge is 2.38. The minimum absolute atomic E-state index is 0.254. The summed E-state index contributed by atoms with van der Waals surface area (Å²) in [5.74, 6) is 1.43. The van der Waals surface area contributed by atoms with Crippen molar-refractivity contribution < 1.29 is 9.32 Å². The molecule has 0 N–H and O–H groups in total. The second-order valence-corrected chi connectivity index (χ2v) is 4.99. The Hall–Kier alpha value is -1.23. The Morgan fingerprint density at radius 1 is 1.41 bits per heavy atom. The molecule has 2 heterocycles. The molecule has 2 aliphatic rings. The van der Waals surface area contributed by atoms with Crippen molar-refractivity contribution in [2.75, 3.05) is 6.54 Å². The van der Waals surface area contributed by atoms with Crippen LogP contribution in [0.25, 0.3) is 0 Å². The molecule has 5 heteroatoms. The summed E-state index contributed by atoms with van der Waals surface area (Å²) in [6.45, 7) is 1.76. The number of ketones is 1. The van der Waals surface area contributed by atoms with E-state index in [1.54, 1.807) is 0 Å². The average molecular weight is 235 g/mol. The molecule has 0 aromatic carbocycles. The summed E-state index contributed by atoms with van der Waals surface area (Å²) in [5, 5.41) is 3.85. The first-order valence-electron chi connectivity index (χ1n) is 6.36. The largest absolute Gasteiger partial charge is 0.343 e. The Morgan fingerprint density at radius 3 is 3.06 bits per heavy atom. The molecule has 1 aliphatic heterocycles. The molecule has 2 fully saturated rings. The van der Waals surface area contributed by atoms with Crippen LogP contribution >= 0.6 is 0 Å². The highest BCUT2D eigenvalue weighted by atomic mass is 16.5. The third-order valence-electron chi connectivity index (χ3n) is 3.98. The van der Waals surface area contributed by atoms with Gasteiger partial charge in [-0.2, -0.15) is 4.98 Å². The molecule has 1 aliphatic carbocycles. The fraction of sp³-hybridized carbons (Fsp3) is 0.750. The van der Waals surface area contributed by atoms with Gasteiger partial charge in [-0.1, -0.05) is 5.16 Å². The van der Waals surface area contributed by atoms with E-state index in [2.05, 4.69) is 15.0 Å². The van der Waals surface area contributed by atoms with E-state index in [-0.39, 0.29) is 5.92 Å². The minimum atomic E-state index is 0.254. The maximum absolute atomic E-state index is 11.8. The average Bonchev–Trinajstić information content (AvgIpc) is 3.00. The van der Waals surface area contributed by atoms with Gasteiger partial charge in [-0.15, -0.1) is 0 Å². The van der Waals surface area contributed by atoms with E-state index >= 15 is 0 Å². The third kappa shape index (κ3) is 2.11. The molecule has 1 aromatic heterocycles. The number of hydrogen-bond donors (Lipinski definition) is 0. The SMILES string of the molecule is O=C1CCCC1C1CCCN1Cc1ncon1. The summed E-state index contributed by atoms with van der Waals surface area (Å²) in [6.07, 6.45) is 6.57. The summed E-state index contributed by atoms with van der Waals surface area (Å²) >= 11 is 0. The molecule has 3 rings (SSSR count). The van der Waals surface area contributed by atoms with Crippen molar-refractivity contribution in [3.05, 3.63) is 12.2 Å². The van der Waals surface area contributed by atoms with Crippen molar-refractivity contribution in [2.24, 2.45) is 5.92 Å². The number of carbonyl (C=O) groups excluding carboxylic acids is 1. The molecule has 0 radical (unpaired) electrons. The normalized spacial score (nSPS) is 30.2. The van der Waals surface area contributed by atoms with Crippen LogP contribution in [-0.4, -0.2) is 33.4 Å². The maximum atomic E-state index is 11.8. The Kier molecular flexibility index (Phi) is 2.93. The molecule has 5 nitrogen and oxygen atoms in total. The van der Waals surface area contributed by atoms with Gasteiger partial charge < -0.3 is 4.52 Å². The zero-order valence-corrected chi connectivity index (χ0v) is 9.84. The van der Waals surface area contributed by atoms with E-state index in [9.17, 15) is 4.79 Å². The van der Waals surface area contributed by atoms with Gasteiger partial charge in [0.2, 0.25) is 6.39 Å². The Balaban J connectivity index is 1.69. The zero-order valence-electron chi connectivity index (χ0n) is 9.84. The van der Waals surface area contributed by atoms with E-state index < -0.39 is 0 Å². The number of hydrogen-bond acceptors (Lipinski definition) is 5. The summed E-state index contributed by atoms with van der Waals surface area (Å²) in [7, 11) is 0. The first kappa shape index (κ1) is 10.9. The van der Waals surface area contributed by atoms with Gasteiger partial charge in [0.05, 0.1) is 6.54 Å². The first-order chi connectivity index (χ1) is 8.34. The van der Waals surface area contributed by atoms with Crippen LogP contribution in [-0.2, 0) is 11.3 Å². The second kappa shape index (κ2) is 4.56. The molecule has 1 saturated carbocycles. The van der Waals surface area contributed by atoms with Crippen LogP contribution in [0.4, 0.5) is 0 Å². The van der Waals surface area contributed by atoms with E-state index in [0.29, 0.717) is 18.4 Å². The lowest BCUT2D eigenvalue weighted by Crippen LogP contribution is -2.37. The highest BCUT2D eigenvalue weighted by molar-refractivity contribution is 5.83. The first-order valence-corrected chi connectivity index (χ1v) is 6.36. The Bertz CT molecular complexity index is 390. The van der Waals surface area contributed by atoms with Crippen LogP contribution in [0.2, 0.25) is 0 Å². The van der Waals surface area contributed by atoms with Crippen molar-refractivity contribution >= 4 is 5.78 Å². The fourth-order valence-electron chi connectivity index (χ4n) is 3.20. The number of aromatic nitrogens is 2. The van der Waals surface area contributed by atoms with Crippen LogP contribution in [0.3, 0.4) is 0 Å². The minimum Gasteiger partial charge on any atom is -0.343 e. The second-order valence-electron chi connectivity index (χ2n) is 4.99. The van der Waals surface area contributed by atoms with Gasteiger partial charge in [0, 0.05) is 18.4 Å². The van der Waals surface area contributed by atoms with Crippen molar-refractivity contribution in [1.29, 1.82) is 0 Å². The number of likely N-dealkylation sites (tertiary alicyclic amines) is 1. The van der Waals surface area contributed by atoms with Crippen molar-refractivity contribution in [3.8, 4) is 0 Å². The molecule has 0 spiro atoms. The molecule has 92 valence electrons. The zero-order chi connectivity index (χ0) is 11.7. The number of carbonyl (C=O) groups is 1. The molecule has 1 saturated heterocycles. The van der Waals surface area contributed by atoms with Gasteiger partial charge in [0.15, 0.2) is 5.82 Å². The maximum Gasteiger partial charge on any atom is 0.213 e. The summed E-state index contributed by atoms with van der Waals surface area (Å²) in [4.78, 5) is 18.2. The molecule has 1 aromatic rings. The molecular formula is C12H17N3O2. The lowest BCUT2D eigenvalue weighted by atomic mass is 9.95. The van der Waals surface area contributed by atoms with Crippen molar-refractivity contribution in [1.82, 2.24) is 15.0 Å². The fourth-order valence-corrected chi connectivity index (χ4v) is 3.20. The van der Waals surface area contributed by atoms with Gasteiger partial charge >= 0.3 is 0 Å². The number of nitrogens with zero attached hydrogens (tertiary/aromatic N) is 3. The summed E-state index contributed by atoms with van der Waals surface area (Å²) in [5.41, 5.74) is 0. The van der Waals surface area contributed by atoms with Gasteiger partial charge in [0.1, 0.15) is 5.78 Å². The van der Waals surface area contributed by atoms with Gasteiger partial charge in [-0.25, -0.2) is 0 Å². The van der Waals surface area contributed by atoms with E-state index in [0.717, 1.165) is 38.1 Å². The quantitative estimate of drug-likeness (QED) is 0.792. The monoisotopic (exact) mass is 235 g/mol. The molecule has 17 heavy (non-hydrogen) atoms. The van der Waals surface area contributed by atoms with E-state index in [4.69, 9.17) is 4.52 Å². The molecule has 0 bridgehead atoms. The van der Waals surface area contributed by atoms with Gasteiger partial charge in [0.25, 0.3) is 0 Å². The predicted octanol–water partition coefficient (Wildman–Crippen LogP) is 1.40. The molecule has 0 amide bonds. The molecule has 2 unspecified atom stereocenters. The summed E-state index contributed by atoms with van der Waals surface area (Å²) in [6, 6.07) is 0.406. The Morgan fingerprint density at radius 2 is 2.35 bits per heavy atom. The van der Waals surface area contributed by atoms with Crippen LogP contribution in [0.5, 0.6) is 0 Å².